The maximum absolute atomic E-state index is 13.3. The Balaban J connectivity index is 2.22. The van der Waals surface area contributed by atoms with Crippen LogP contribution in [0, 0.1) is 11.6 Å². The number of allylic oxidation sites excluding steroid dienone is 1. The highest BCUT2D eigenvalue weighted by molar-refractivity contribution is 6.06. The maximum Gasteiger partial charge on any atom is 0.188 e. The van der Waals surface area contributed by atoms with Crippen LogP contribution in [-0.2, 0) is 0 Å². The van der Waals surface area contributed by atoms with Crippen molar-refractivity contribution in [2.45, 2.75) is 0 Å². The second-order valence-corrected chi connectivity index (χ2v) is 3.73. The summed E-state index contributed by atoms with van der Waals surface area (Å²) in [5.41, 5.74) is 0.560. The van der Waals surface area contributed by atoms with Crippen LogP contribution in [-0.4, -0.2) is 5.78 Å². The van der Waals surface area contributed by atoms with Crippen molar-refractivity contribution in [1.29, 1.82) is 0 Å². The highest BCUT2D eigenvalue weighted by atomic mass is 19.1. The Morgan fingerprint density at radius 2 is 1.72 bits per heavy atom. The summed E-state index contributed by atoms with van der Waals surface area (Å²) in [6.45, 7) is 0. The molecule has 0 amide bonds. The predicted molar refractivity (Wildman–Crippen MR) is 66.2 cm³/mol. The van der Waals surface area contributed by atoms with Crippen LogP contribution in [0.2, 0.25) is 0 Å². The molecule has 0 fully saturated rings. The van der Waals surface area contributed by atoms with E-state index >= 15 is 0 Å². The Morgan fingerprint density at radius 3 is 2.44 bits per heavy atom. The molecule has 1 nitrogen and oxygen atoms in total. The number of hydrogen-bond donors (Lipinski definition) is 0. The Labute approximate surface area is 103 Å². The number of carbonyl (C=O) groups excluding carboxylic acids is 1. The van der Waals surface area contributed by atoms with Gasteiger partial charge in [0.15, 0.2) is 5.78 Å². The van der Waals surface area contributed by atoms with Crippen molar-refractivity contribution in [2.24, 2.45) is 0 Å². The second-order valence-electron chi connectivity index (χ2n) is 3.73. The summed E-state index contributed by atoms with van der Waals surface area (Å²) in [6.07, 6.45) is 2.79. The first-order valence-corrected chi connectivity index (χ1v) is 5.39. The first kappa shape index (κ1) is 12.2. The van der Waals surface area contributed by atoms with E-state index in [0.717, 1.165) is 23.8 Å². The summed E-state index contributed by atoms with van der Waals surface area (Å²) < 4.78 is 26.3. The molecular formula is C15H10F2O. The number of ketones is 1. The van der Waals surface area contributed by atoms with Gasteiger partial charge in [-0.05, 0) is 29.8 Å². The molecule has 0 aliphatic carbocycles. The molecular weight excluding hydrogens is 234 g/mol. The molecule has 0 bridgehead atoms. The topological polar surface area (TPSA) is 17.1 Å². The molecule has 0 aromatic heterocycles. The third-order valence-electron chi connectivity index (χ3n) is 2.42. The third-order valence-corrected chi connectivity index (χ3v) is 2.42. The van der Waals surface area contributed by atoms with Gasteiger partial charge in [-0.3, -0.25) is 4.79 Å². The minimum atomic E-state index is -0.723. The van der Waals surface area contributed by atoms with Crippen LogP contribution in [0.5, 0.6) is 0 Å². The van der Waals surface area contributed by atoms with E-state index in [1.165, 1.54) is 6.08 Å². The molecule has 18 heavy (non-hydrogen) atoms. The van der Waals surface area contributed by atoms with E-state index < -0.39 is 17.4 Å². The van der Waals surface area contributed by atoms with Crippen LogP contribution in [0.15, 0.2) is 54.6 Å². The Kier molecular flexibility index (Phi) is 3.63. The number of hydrogen-bond acceptors (Lipinski definition) is 1. The van der Waals surface area contributed by atoms with E-state index in [-0.39, 0.29) is 5.56 Å². The lowest BCUT2D eigenvalue weighted by molar-refractivity contribution is 0.104. The molecule has 0 unspecified atom stereocenters. The summed E-state index contributed by atoms with van der Waals surface area (Å²) >= 11 is 0. The van der Waals surface area contributed by atoms with Crippen LogP contribution in [0.3, 0.4) is 0 Å². The number of carbonyl (C=O) groups is 1. The van der Waals surface area contributed by atoms with Crippen molar-refractivity contribution in [2.75, 3.05) is 0 Å². The van der Waals surface area contributed by atoms with Gasteiger partial charge in [-0.15, -0.1) is 0 Å². The monoisotopic (exact) mass is 244 g/mol. The molecule has 0 saturated heterocycles. The van der Waals surface area contributed by atoms with Gasteiger partial charge >= 0.3 is 0 Å². The van der Waals surface area contributed by atoms with Crippen molar-refractivity contribution in [3.8, 4) is 0 Å². The Morgan fingerprint density at radius 1 is 1.00 bits per heavy atom. The lowest BCUT2D eigenvalue weighted by atomic mass is 10.1. The summed E-state index contributed by atoms with van der Waals surface area (Å²) in [7, 11) is 0. The van der Waals surface area contributed by atoms with Crippen LogP contribution in [0.1, 0.15) is 15.9 Å². The van der Waals surface area contributed by atoms with Gasteiger partial charge in [0.2, 0.25) is 0 Å². The molecule has 0 aliphatic rings. The van der Waals surface area contributed by atoms with Crippen molar-refractivity contribution < 1.29 is 13.6 Å². The van der Waals surface area contributed by atoms with E-state index in [4.69, 9.17) is 0 Å². The van der Waals surface area contributed by atoms with Gasteiger partial charge in [-0.25, -0.2) is 8.78 Å². The van der Waals surface area contributed by atoms with Gasteiger partial charge in [0.25, 0.3) is 0 Å². The fraction of sp³-hybridized carbons (Fsp3) is 0. The smallest absolute Gasteiger partial charge is 0.188 e. The number of rotatable bonds is 3. The third kappa shape index (κ3) is 2.88. The van der Waals surface area contributed by atoms with Crippen LogP contribution in [0.4, 0.5) is 8.78 Å². The van der Waals surface area contributed by atoms with Gasteiger partial charge in [0.1, 0.15) is 11.6 Å². The van der Waals surface area contributed by atoms with E-state index in [0.29, 0.717) is 0 Å². The van der Waals surface area contributed by atoms with E-state index in [1.807, 2.05) is 30.3 Å². The first-order valence-electron chi connectivity index (χ1n) is 5.39. The molecule has 90 valence electrons. The van der Waals surface area contributed by atoms with Gasteiger partial charge < -0.3 is 0 Å². The fourth-order valence-corrected chi connectivity index (χ4v) is 1.51. The quantitative estimate of drug-likeness (QED) is 0.592. The molecule has 0 heterocycles. The average molecular weight is 244 g/mol. The van der Waals surface area contributed by atoms with E-state index in [1.54, 1.807) is 6.08 Å². The van der Waals surface area contributed by atoms with Crippen LogP contribution in [0.25, 0.3) is 6.08 Å². The van der Waals surface area contributed by atoms with Gasteiger partial charge in [0.05, 0.1) is 5.56 Å². The average Bonchev–Trinajstić information content (AvgIpc) is 2.40. The molecule has 2 rings (SSSR count). The van der Waals surface area contributed by atoms with E-state index in [9.17, 15) is 13.6 Å². The Bertz CT molecular complexity index is 589. The summed E-state index contributed by atoms with van der Waals surface area (Å²) in [6, 6.07) is 11.9. The minimum absolute atomic E-state index is 0.262. The fourth-order valence-electron chi connectivity index (χ4n) is 1.51. The van der Waals surface area contributed by atoms with Crippen molar-refractivity contribution in [3.05, 3.63) is 77.4 Å². The minimum Gasteiger partial charge on any atom is -0.289 e. The molecule has 0 spiro atoms. The molecule has 3 heteroatoms. The van der Waals surface area contributed by atoms with Crippen LogP contribution >= 0.6 is 0 Å². The molecule has 0 atom stereocenters. The zero-order chi connectivity index (χ0) is 13.0. The Hall–Kier alpha value is -2.29. The molecule has 0 radical (unpaired) electrons. The van der Waals surface area contributed by atoms with Crippen molar-refractivity contribution in [3.63, 3.8) is 0 Å². The predicted octanol–water partition coefficient (Wildman–Crippen LogP) is 3.86. The molecule has 2 aromatic rings. The summed E-state index contributed by atoms with van der Waals surface area (Å²) in [4.78, 5) is 11.7. The molecule has 2 aromatic carbocycles. The zero-order valence-electron chi connectivity index (χ0n) is 9.44. The number of halogens is 2. The first-order chi connectivity index (χ1) is 8.66. The zero-order valence-corrected chi connectivity index (χ0v) is 9.44. The summed E-state index contributed by atoms with van der Waals surface area (Å²) in [5, 5.41) is 0. The molecule has 0 N–H and O–H groups in total. The van der Waals surface area contributed by atoms with Gasteiger partial charge in [-0.2, -0.15) is 0 Å². The van der Waals surface area contributed by atoms with Crippen molar-refractivity contribution >= 4 is 11.9 Å². The lowest BCUT2D eigenvalue weighted by Crippen LogP contribution is -1.99. The van der Waals surface area contributed by atoms with Gasteiger partial charge in [0, 0.05) is 0 Å². The lowest BCUT2D eigenvalue weighted by Gasteiger charge is -1.98. The maximum atomic E-state index is 13.3. The van der Waals surface area contributed by atoms with E-state index in [2.05, 4.69) is 0 Å². The molecule has 0 aliphatic heterocycles. The van der Waals surface area contributed by atoms with Gasteiger partial charge in [-0.1, -0.05) is 36.4 Å². The normalized spacial score (nSPS) is 10.8. The standard InChI is InChI=1S/C15H10F2O/c16-12-7-8-14(17)13(10-12)15(18)9-6-11-4-2-1-3-5-11/h1-10H. The van der Waals surface area contributed by atoms with Crippen molar-refractivity contribution in [1.82, 2.24) is 0 Å². The SMILES string of the molecule is O=C(C=Cc1ccccc1)c1cc(F)ccc1F. The summed E-state index contributed by atoms with van der Waals surface area (Å²) in [5.74, 6) is -1.91. The largest absolute Gasteiger partial charge is 0.289 e. The highest BCUT2D eigenvalue weighted by Gasteiger charge is 2.09. The second kappa shape index (κ2) is 5.36. The van der Waals surface area contributed by atoms with Crippen LogP contribution < -0.4 is 0 Å². The number of benzene rings is 2. The molecule has 0 saturated carbocycles. The highest BCUT2D eigenvalue weighted by Crippen LogP contribution is 2.12.